The molecule has 0 aliphatic rings. The summed E-state index contributed by atoms with van der Waals surface area (Å²) in [4.78, 5) is 11.2. The zero-order chi connectivity index (χ0) is 15.7. The third-order valence-electron chi connectivity index (χ3n) is 2.11. The lowest BCUT2D eigenvalue weighted by molar-refractivity contribution is -0.272. The average Bonchev–Trinajstić information content (AvgIpc) is 2.53. The number of anilines is 1. The zero-order valence-electron chi connectivity index (χ0n) is 9.67. The fraction of sp³-hybridized carbons (Fsp3) is 0.444. The SMILES string of the molecule is Cn1cc(C#N)c(NC(=O)C(C(F)(F)F)C(F)(F)F)n1. The van der Waals surface area contributed by atoms with Gasteiger partial charge in [-0.3, -0.25) is 9.48 Å². The fourth-order valence-corrected chi connectivity index (χ4v) is 1.33. The summed E-state index contributed by atoms with van der Waals surface area (Å²) < 4.78 is 74.7. The normalized spacial score (nSPS) is 12.3. The number of nitrogens with zero attached hydrogens (tertiary/aromatic N) is 3. The molecule has 5 nitrogen and oxygen atoms in total. The van der Waals surface area contributed by atoms with Crippen LogP contribution in [0.4, 0.5) is 32.2 Å². The molecule has 0 fully saturated rings. The van der Waals surface area contributed by atoms with Gasteiger partial charge in [-0.15, -0.1) is 0 Å². The van der Waals surface area contributed by atoms with E-state index in [1.807, 2.05) is 0 Å². The first-order valence-electron chi connectivity index (χ1n) is 4.85. The van der Waals surface area contributed by atoms with Crippen molar-refractivity contribution in [2.45, 2.75) is 12.4 Å². The van der Waals surface area contributed by atoms with Gasteiger partial charge in [0.05, 0.1) is 0 Å². The van der Waals surface area contributed by atoms with E-state index in [1.165, 1.54) is 18.4 Å². The van der Waals surface area contributed by atoms with Gasteiger partial charge in [0, 0.05) is 13.2 Å². The quantitative estimate of drug-likeness (QED) is 0.849. The van der Waals surface area contributed by atoms with Crippen LogP contribution in [0.5, 0.6) is 0 Å². The molecule has 1 N–H and O–H groups in total. The minimum absolute atomic E-state index is 0.357. The predicted octanol–water partition coefficient (Wildman–Crippen LogP) is 1.97. The van der Waals surface area contributed by atoms with Crippen molar-refractivity contribution in [2.24, 2.45) is 13.0 Å². The number of halogens is 6. The van der Waals surface area contributed by atoms with E-state index >= 15 is 0 Å². The Kier molecular flexibility index (Phi) is 3.97. The average molecular weight is 300 g/mol. The largest absolute Gasteiger partial charge is 0.409 e. The van der Waals surface area contributed by atoms with Crippen LogP contribution < -0.4 is 5.32 Å². The van der Waals surface area contributed by atoms with Crippen molar-refractivity contribution in [3.63, 3.8) is 0 Å². The lowest BCUT2D eigenvalue weighted by atomic mass is 10.1. The number of alkyl halides is 6. The highest BCUT2D eigenvalue weighted by Gasteiger charge is 2.61. The summed E-state index contributed by atoms with van der Waals surface area (Å²) in [5.74, 6) is -7.21. The molecule has 20 heavy (non-hydrogen) atoms. The first-order chi connectivity index (χ1) is 8.96. The molecule has 0 saturated heterocycles. The van der Waals surface area contributed by atoms with Gasteiger partial charge in [-0.1, -0.05) is 0 Å². The van der Waals surface area contributed by atoms with Gasteiger partial charge in [-0.05, 0) is 0 Å². The Morgan fingerprint density at radius 2 is 1.85 bits per heavy atom. The van der Waals surface area contributed by atoms with E-state index < -0.39 is 30.0 Å². The molecule has 0 aliphatic carbocycles. The topological polar surface area (TPSA) is 70.7 Å². The summed E-state index contributed by atoms with van der Waals surface area (Å²) in [6, 6.07) is 1.48. The van der Waals surface area contributed by atoms with Gasteiger partial charge < -0.3 is 5.32 Å². The first kappa shape index (κ1) is 15.8. The number of hydrogen-bond donors (Lipinski definition) is 1. The highest BCUT2D eigenvalue weighted by Crippen LogP contribution is 2.39. The number of aromatic nitrogens is 2. The molecule has 0 saturated carbocycles. The van der Waals surface area contributed by atoms with Crippen LogP contribution in [0, 0.1) is 17.2 Å². The second-order valence-corrected chi connectivity index (χ2v) is 3.68. The molecule has 0 aliphatic heterocycles. The number of carbonyl (C=O) groups is 1. The van der Waals surface area contributed by atoms with Crippen molar-refractivity contribution in [1.29, 1.82) is 5.26 Å². The molecule has 1 aromatic heterocycles. The molecule has 11 heteroatoms. The van der Waals surface area contributed by atoms with E-state index in [2.05, 4.69) is 5.10 Å². The summed E-state index contributed by atoms with van der Waals surface area (Å²) >= 11 is 0. The van der Waals surface area contributed by atoms with Crippen molar-refractivity contribution < 1.29 is 31.1 Å². The monoisotopic (exact) mass is 300 g/mol. The third kappa shape index (κ3) is 3.40. The molecule has 0 bridgehead atoms. The second-order valence-electron chi connectivity index (χ2n) is 3.68. The van der Waals surface area contributed by atoms with Crippen LogP contribution in [0.3, 0.4) is 0 Å². The number of hydrogen-bond acceptors (Lipinski definition) is 3. The predicted molar refractivity (Wildman–Crippen MR) is 52.2 cm³/mol. The lowest BCUT2D eigenvalue weighted by Gasteiger charge is -2.21. The van der Waals surface area contributed by atoms with E-state index in [0.717, 1.165) is 10.9 Å². The van der Waals surface area contributed by atoms with E-state index in [4.69, 9.17) is 5.26 Å². The Bertz CT molecular complexity index is 538. The molecule has 0 aromatic carbocycles. The van der Waals surface area contributed by atoms with Crippen molar-refractivity contribution in [3.8, 4) is 6.07 Å². The number of rotatable bonds is 2. The molecule has 1 heterocycles. The zero-order valence-corrected chi connectivity index (χ0v) is 9.67. The highest BCUT2D eigenvalue weighted by atomic mass is 19.4. The van der Waals surface area contributed by atoms with E-state index in [9.17, 15) is 31.1 Å². The standard InChI is InChI=1S/C9H6F6N4O/c1-19-3-4(2-16)6(18-19)17-7(20)5(8(10,11)12)9(13,14)15/h3,5H,1H3,(H,17,18,20). The summed E-state index contributed by atoms with van der Waals surface area (Å²) in [5.41, 5.74) is -0.357. The van der Waals surface area contributed by atoms with E-state index in [1.54, 1.807) is 0 Å². The van der Waals surface area contributed by atoms with Crippen molar-refractivity contribution >= 4 is 11.7 Å². The summed E-state index contributed by atoms with van der Waals surface area (Å²) in [6.45, 7) is 0. The maximum atomic E-state index is 12.3. The van der Waals surface area contributed by atoms with Gasteiger partial charge in [0.15, 0.2) is 5.82 Å². The second kappa shape index (κ2) is 5.03. The smallest absolute Gasteiger partial charge is 0.307 e. The first-order valence-corrected chi connectivity index (χ1v) is 4.85. The Labute approximate surface area is 107 Å². The van der Waals surface area contributed by atoms with E-state index in [0.29, 0.717) is 0 Å². The Morgan fingerprint density at radius 3 is 2.25 bits per heavy atom. The minimum Gasteiger partial charge on any atom is -0.307 e. The Morgan fingerprint density at radius 1 is 1.35 bits per heavy atom. The third-order valence-corrected chi connectivity index (χ3v) is 2.11. The molecule has 1 aromatic rings. The van der Waals surface area contributed by atoms with Gasteiger partial charge in [-0.2, -0.15) is 36.7 Å². The summed E-state index contributed by atoms with van der Waals surface area (Å²) in [5, 5.41) is 13.4. The maximum absolute atomic E-state index is 12.3. The fourth-order valence-electron chi connectivity index (χ4n) is 1.33. The molecule has 0 spiro atoms. The van der Waals surface area contributed by atoms with Gasteiger partial charge in [-0.25, -0.2) is 0 Å². The number of aryl methyl sites for hydroxylation is 1. The van der Waals surface area contributed by atoms with Gasteiger partial charge in [0.25, 0.3) is 0 Å². The van der Waals surface area contributed by atoms with Crippen molar-refractivity contribution in [1.82, 2.24) is 9.78 Å². The number of amides is 1. The van der Waals surface area contributed by atoms with Crippen LogP contribution in [-0.4, -0.2) is 28.0 Å². The van der Waals surface area contributed by atoms with Crippen molar-refractivity contribution in [2.75, 3.05) is 5.32 Å². The summed E-state index contributed by atoms with van der Waals surface area (Å²) in [6.07, 6.45) is -10.6. The molecule has 1 amide bonds. The van der Waals surface area contributed by atoms with Gasteiger partial charge in [0.2, 0.25) is 11.8 Å². The van der Waals surface area contributed by atoms with E-state index in [-0.39, 0.29) is 5.56 Å². The maximum Gasteiger partial charge on any atom is 0.409 e. The molecule has 0 unspecified atom stereocenters. The molecular weight excluding hydrogens is 294 g/mol. The van der Waals surface area contributed by atoms with Crippen molar-refractivity contribution in [3.05, 3.63) is 11.8 Å². The number of nitrogens with one attached hydrogen (secondary N) is 1. The van der Waals surface area contributed by atoms with Crippen LogP contribution >= 0.6 is 0 Å². The number of nitriles is 1. The molecule has 0 atom stereocenters. The van der Waals surface area contributed by atoms with Gasteiger partial charge in [0.1, 0.15) is 11.6 Å². The van der Waals surface area contributed by atoms with Crippen LogP contribution in [-0.2, 0) is 11.8 Å². The van der Waals surface area contributed by atoms with Crippen LogP contribution in [0.15, 0.2) is 6.20 Å². The van der Waals surface area contributed by atoms with Crippen LogP contribution in [0.25, 0.3) is 0 Å². The lowest BCUT2D eigenvalue weighted by Crippen LogP contribution is -2.45. The highest BCUT2D eigenvalue weighted by molar-refractivity contribution is 5.93. The Balaban J connectivity index is 3.07. The molecular formula is C9H6F6N4O. The Hall–Kier alpha value is -2.25. The van der Waals surface area contributed by atoms with Crippen LogP contribution in [0.1, 0.15) is 5.56 Å². The molecule has 0 radical (unpaired) electrons. The van der Waals surface area contributed by atoms with Crippen LogP contribution in [0.2, 0.25) is 0 Å². The summed E-state index contributed by atoms with van der Waals surface area (Å²) in [7, 11) is 1.28. The minimum atomic E-state index is -5.80. The molecule has 1 rings (SSSR count). The number of carbonyl (C=O) groups excluding carboxylic acids is 1. The van der Waals surface area contributed by atoms with Gasteiger partial charge >= 0.3 is 12.4 Å². The molecule has 110 valence electrons.